The fraction of sp³-hybridized carbons (Fsp3) is 0. The van der Waals surface area contributed by atoms with E-state index in [2.05, 4.69) is 9.36 Å². The maximum Gasteiger partial charge on any atom is 0.327 e. The molecule has 0 saturated heterocycles. The van der Waals surface area contributed by atoms with Gasteiger partial charge in [0.1, 0.15) is 0 Å². The molecule has 0 radical (unpaired) electrons. The molecule has 0 atom stereocenters. The summed E-state index contributed by atoms with van der Waals surface area (Å²) in [5, 5.41) is 8.36. The Kier molecular flexibility index (Phi) is 1.12. The third-order valence-corrected chi connectivity index (χ3v) is 1.18. The Bertz CT molecular complexity index is 148. The summed E-state index contributed by atoms with van der Waals surface area (Å²) in [7, 11) is 0. The Morgan fingerprint density at radius 2 is 2.43 bits per heavy atom. The molecule has 0 saturated carbocycles. The molecule has 0 aliphatic rings. The Morgan fingerprint density at radius 1 is 1.71 bits per heavy atom. The maximum absolute atomic E-state index is 8.36. The lowest BCUT2D eigenvalue weighted by atomic mass is 11.2. The molecule has 1 aromatic rings. The van der Waals surface area contributed by atoms with Crippen molar-refractivity contribution in [3.05, 3.63) is 4.47 Å². The van der Waals surface area contributed by atoms with Crippen LogP contribution in [0.5, 0.6) is 6.01 Å². The number of hydrogen-bond donors (Lipinski definition) is 1. The standard InChI is InChI=1S/C2HClN2OS/c3-1-4-2(6)5-7-1/h(H,5,6). The van der Waals surface area contributed by atoms with E-state index >= 15 is 0 Å². The zero-order valence-electron chi connectivity index (χ0n) is 3.13. The topological polar surface area (TPSA) is 46.0 Å². The zero-order valence-corrected chi connectivity index (χ0v) is 4.70. The summed E-state index contributed by atoms with van der Waals surface area (Å²) in [6, 6.07) is -0.255. The van der Waals surface area contributed by atoms with E-state index in [0.717, 1.165) is 11.5 Å². The first-order valence-corrected chi connectivity index (χ1v) is 2.62. The van der Waals surface area contributed by atoms with Crippen molar-refractivity contribution in [1.82, 2.24) is 9.36 Å². The van der Waals surface area contributed by atoms with Crippen molar-refractivity contribution in [2.24, 2.45) is 0 Å². The van der Waals surface area contributed by atoms with Crippen LogP contribution in [0.15, 0.2) is 0 Å². The Morgan fingerprint density at radius 3 is 2.57 bits per heavy atom. The molecular weight excluding hydrogens is 136 g/mol. The third-order valence-electron chi connectivity index (χ3n) is 0.391. The van der Waals surface area contributed by atoms with Gasteiger partial charge in [-0.2, -0.15) is 4.98 Å². The van der Waals surface area contributed by atoms with Gasteiger partial charge in [-0.1, -0.05) is 0 Å². The van der Waals surface area contributed by atoms with Crippen molar-refractivity contribution in [1.29, 1.82) is 0 Å². The largest absolute Gasteiger partial charge is 0.478 e. The van der Waals surface area contributed by atoms with Crippen molar-refractivity contribution in [3.8, 4) is 6.01 Å². The summed E-state index contributed by atoms with van der Waals surface area (Å²) in [4.78, 5) is 3.34. The summed E-state index contributed by atoms with van der Waals surface area (Å²) in [5.41, 5.74) is 0. The lowest BCUT2D eigenvalue weighted by molar-refractivity contribution is 0.439. The molecular formula is C2HClN2OS. The van der Waals surface area contributed by atoms with E-state index in [1.165, 1.54) is 0 Å². The normalized spacial score (nSPS) is 9.29. The van der Waals surface area contributed by atoms with Gasteiger partial charge >= 0.3 is 6.01 Å². The number of rotatable bonds is 0. The number of nitrogens with zero attached hydrogens (tertiary/aromatic N) is 2. The van der Waals surface area contributed by atoms with Crippen LogP contribution < -0.4 is 0 Å². The highest BCUT2D eigenvalue weighted by molar-refractivity contribution is 7.10. The molecule has 1 heterocycles. The second-order valence-electron chi connectivity index (χ2n) is 0.847. The highest BCUT2D eigenvalue weighted by atomic mass is 35.5. The molecule has 1 rings (SSSR count). The molecule has 7 heavy (non-hydrogen) atoms. The van der Waals surface area contributed by atoms with Crippen LogP contribution in [0.4, 0.5) is 0 Å². The monoisotopic (exact) mass is 136 g/mol. The molecule has 5 heteroatoms. The molecule has 1 aromatic heterocycles. The lowest BCUT2D eigenvalue weighted by Crippen LogP contribution is -1.59. The molecule has 0 fully saturated rings. The van der Waals surface area contributed by atoms with Crippen molar-refractivity contribution >= 4 is 23.1 Å². The smallest absolute Gasteiger partial charge is 0.327 e. The summed E-state index contributed by atoms with van der Waals surface area (Å²) < 4.78 is 3.63. The van der Waals surface area contributed by atoms with Crippen LogP contribution in [-0.4, -0.2) is 14.5 Å². The summed E-state index contributed by atoms with van der Waals surface area (Å²) in [6.07, 6.45) is 0. The molecule has 0 bridgehead atoms. The van der Waals surface area contributed by atoms with E-state index in [0.29, 0.717) is 0 Å². The van der Waals surface area contributed by atoms with Crippen LogP contribution in [-0.2, 0) is 0 Å². The van der Waals surface area contributed by atoms with Crippen LogP contribution >= 0.6 is 23.1 Å². The average molecular weight is 137 g/mol. The molecule has 38 valence electrons. The summed E-state index contributed by atoms with van der Waals surface area (Å²) >= 11 is 6.20. The average Bonchev–Trinajstić information content (AvgIpc) is 1.87. The van der Waals surface area contributed by atoms with Crippen molar-refractivity contribution in [2.45, 2.75) is 0 Å². The van der Waals surface area contributed by atoms with E-state index in [-0.39, 0.29) is 10.5 Å². The predicted octanol–water partition coefficient (Wildman–Crippen LogP) is 0.897. The van der Waals surface area contributed by atoms with E-state index in [1.807, 2.05) is 0 Å². The molecule has 1 N–H and O–H groups in total. The number of halogens is 1. The van der Waals surface area contributed by atoms with Gasteiger partial charge in [0.25, 0.3) is 0 Å². The molecule has 0 aliphatic heterocycles. The Hall–Kier alpha value is -0.350. The molecule has 0 aromatic carbocycles. The minimum atomic E-state index is -0.255. The van der Waals surface area contributed by atoms with E-state index in [4.69, 9.17) is 16.7 Å². The minimum absolute atomic E-state index is 0.255. The first-order chi connectivity index (χ1) is 3.29. The van der Waals surface area contributed by atoms with Crippen LogP contribution in [0.25, 0.3) is 0 Å². The predicted molar refractivity (Wildman–Crippen MR) is 26.6 cm³/mol. The van der Waals surface area contributed by atoms with E-state index in [1.54, 1.807) is 0 Å². The minimum Gasteiger partial charge on any atom is -0.478 e. The van der Waals surface area contributed by atoms with Gasteiger partial charge in [0.05, 0.1) is 0 Å². The highest BCUT2D eigenvalue weighted by Gasteiger charge is 1.93. The molecule has 0 aliphatic carbocycles. The molecule has 0 spiro atoms. The SMILES string of the molecule is Oc1nsc(Cl)n1. The van der Waals surface area contributed by atoms with Crippen molar-refractivity contribution < 1.29 is 5.11 Å². The molecule has 3 nitrogen and oxygen atoms in total. The van der Waals surface area contributed by atoms with Gasteiger partial charge in [-0.05, 0) is 11.6 Å². The van der Waals surface area contributed by atoms with Gasteiger partial charge in [0.2, 0.25) is 4.47 Å². The van der Waals surface area contributed by atoms with Crippen molar-refractivity contribution in [2.75, 3.05) is 0 Å². The van der Waals surface area contributed by atoms with Crippen LogP contribution in [0.1, 0.15) is 0 Å². The molecule has 0 amide bonds. The fourth-order valence-electron chi connectivity index (χ4n) is 0.198. The van der Waals surface area contributed by atoms with Gasteiger partial charge in [0.15, 0.2) is 0 Å². The number of hydrogen-bond acceptors (Lipinski definition) is 4. The van der Waals surface area contributed by atoms with Crippen LogP contribution in [0.3, 0.4) is 0 Å². The van der Waals surface area contributed by atoms with Crippen LogP contribution in [0.2, 0.25) is 4.47 Å². The quantitative estimate of drug-likeness (QED) is 0.577. The van der Waals surface area contributed by atoms with Crippen LogP contribution in [0, 0.1) is 0 Å². The zero-order chi connectivity index (χ0) is 5.28. The Balaban J connectivity index is 3.04. The summed E-state index contributed by atoms with van der Waals surface area (Å²) in [5.74, 6) is 0. The van der Waals surface area contributed by atoms with E-state index < -0.39 is 0 Å². The second kappa shape index (κ2) is 1.63. The van der Waals surface area contributed by atoms with Gasteiger partial charge in [-0.15, -0.1) is 4.37 Å². The molecule has 0 unspecified atom stereocenters. The van der Waals surface area contributed by atoms with Gasteiger partial charge in [-0.25, -0.2) is 0 Å². The fourth-order valence-corrected chi connectivity index (χ4v) is 0.697. The lowest BCUT2D eigenvalue weighted by Gasteiger charge is -1.66. The first kappa shape index (κ1) is 4.80. The maximum atomic E-state index is 8.36. The number of aromatic hydroxyl groups is 1. The third kappa shape index (κ3) is 1.01. The first-order valence-electron chi connectivity index (χ1n) is 1.47. The number of aromatic nitrogens is 2. The highest BCUT2D eigenvalue weighted by Crippen LogP contribution is 2.13. The van der Waals surface area contributed by atoms with Gasteiger partial charge < -0.3 is 5.11 Å². The van der Waals surface area contributed by atoms with Gasteiger partial charge in [-0.3, -0.25) is 0 Å². The van der Waals surface area contributed by atoms with Crippen molar-refractivity contribution in [3.63, 3.8) is 0 Å². The van der Waals surface area contributed by atoms with Gasteiger partial charge in [0, 0.05) is 11.5 Å². The Labute approximate surface area is 48.7 Å². The summed E-state index contributed by atoms with van der Waals surface area (Å²) in [6.45, 7) is 0. The second-order valence-corrected chi connectivity index (χ2v) is 2.18. The van der Waals surface area contributed by atoms with E-state index in [9.17, 15) is 0 Å².